The minimum atomic E-state index is 0.447. The fourth-order valence-electron chi connectivity index (χ4n) is 2.72. The van der Waals surface area contributed by atoms with Crippen molar-refractivity contribution in [2.24, 2.45) is 12.8 Å². The quantitative estimate of drug-likeness (QED) is 0.627. The van der Waals surface area contributed by atoms with Crippen molar-refractivity contribution < 1.29 is 0 Å². The molecule has 0 saturated carbocycles. The molecule has 1 aromatic heterocycles. The van der Waals surface area contributed by atoms with E-state index in [4.69, 9.17) is 40.5 Å². The van der Waals surface area contributed by atoms with Gasteiger partial charge in [0.1, 0.15) is 0 Å². The van der Waals surface area contributed by atoms with Crippen LogP contribution in [0.4, 0.5) is 0 Å². The van der Waals surface area contributed by atoms with E-state index in [-0.39, 0.29) is 0 Å². The molecule has 0 fully saturated rings. The largest absolute Gasteiger partial charge is 0.346 e. The van der Waals surface area contributed by atoms with Crippen molar-refractivity contribution in [1.29, 1.82) is 0 Å². The Kier molecular flexibility index (Phi) is 4.69. The van der Waals surface area contributed by atoms with E-state index in [1.165, 1.54) is 0 Å². The van der Waals surface area contributed by atoms with Crippen molar-refractivity contribution in [2.75, 3.05) is 0 Å². The summed E-state index contributed by atoms with van der Waals surface area (Å²) in [4.78, 5) is 0. The Morgan fingerprint density at radius 2 is 1.52 bits per heavy atom. The molecule has 2 nitrogen and oxygen atoms in total. The first-order valence-electron chi connectivity index (χ1n) is 7.11. The van der Waals surface area contributed by atoms with Gasteiger partial charge in [-0.05, 0) is 35.9 Å². The van der Waals surface area contributed by atoms with Crippen molar-refractivity contribution in [3.05, 3.63) is 69.3 Å². The summed E-state index contributed by atoms with van der Waals surface area (Å²) in [5.41, 5.74) is 11.0. The minimum Gasteiger partial charge on any atom is -0.346 e. The lowest BCUT2D eigenvalue weighted by Crippen LogP contribution is -2.04. The van der Waals surface area contributed by atoms with Gasteiger partial charge in [-0.3, -0.25) is 0 Å². The van der Waals surface area contributed by atoms with Gasteiger partial charge in [0.05, 0.1) is 5.69 Å². The molecule has 0 atom stereocenters. The zero-order chi connectivity index (χ0) is 16.6. The third-order valence-corrected chi connectivity index (χ3v) is 4.68. The average molecular weight is 366 g/mol. The van der Waals surface area contributed by atoms with E-state index >= 15 is 0 Å². The van der Waals surface area contributed by atoms with E-state index in [1.807, 2.05) is 43.4 Å². The lowest BCUT2D eigenvalue weighted by atomic mass is 10.0. The lowest BCUT2D eigenvalue weighted by Gasteiger charge is -2.11. The Hall–Kier alpha value is -1.45. The molecule has 0 amide bonds. The van der Waals surface area contributed by atoms with Crippen LogP contribution in [0, 0.1) is 0 Å². The molecule has 0 spiro atoms. The number of halogens is 3. The van der Waals surface area contributed by atoms with Crippen molar-refractivity contribution in [1.82, 2.24) is 4.57 Å². The monoisotopic (exact) mass is 364 g/mol. The summed E-state index contributed by atoms with van der Waals surface area (Å²) in [6.07, 6.45) is 0. The maximum Gasteiger partial charge on any atom is 0.0560 e. The Labute approximate surface area is 150 Å². The van der Waals surface area contributed by atoms with Gasteiger partial charge in [0.25, 0.3) is 0 Å². The molecule has 0 radical (unpaired) electrons. The zero-order valence-electron chi connectivity index (χ0n) is 12.5. The molecule has 5 heteroatoms. The number of aromatic nitrogens is 1. The van der Waals surface area contributed by atoms with Gasteiger partial charge >= 0.3 is 0 Å². The van der Waals surface area contributed by atoms with Gasteiger partial charge in [0.15, 0.2) is 0 Å². The maximum absolute atomic E-state index is 6.41. The highest BCUT2D eigenvalue weighted by molar-refractivity contribution is 6.36. The smallest absolute Gasteiger partial charge is 0.0560 e. The van der Waals surface area contributed by atoms with Crippen LogP contribution in [0.2, 0.25) is 15.1 Å². The third-order valence-electron chi connectivity index (χ3n) is 3.88. The van der Waals surface area contributed by atoms with Crippen LogP contribution in [0.3, 0.4) is 0 Å². The standard InChI is InChI=1S/C18H15Cl3N2/c1-23-14(10-22)9-16(15-7-6-13(20)8-17(15)21)18(23)11-2-4-12(19)5-3-11/h2-9H,10,22H2,1H3. The van der Waals surface area contributed by atoms with Crippen LogP contribution in [-0.2, 0) is 13.6 Å². The summed E-state index contributed by atoms with van der Waals surface area (Å²) in [7, 11) is 2.00. The second-order valence-corrected chi connectivity index (χ2v) is 6.57. The van der Waals surface area contributed by atoms with Crippen LogP contribution < -0.4 is 5.73 Å². The topological polar surface area (TPSA) is 30.9 Å². The number of benzene rings is 2. The summed E-state index contributed by atoms with van der Waals surface area (Å²) in [6.45, 7) is 0.447. The molecular formula is C18H15Cl3N2. The zero-order valence-corrected chi connectivity index (χ0v) is 14.8. The van der Waals surface area contributed by atoms with Crippen LogP contribution in [0.25, 0.3) is 22.4 Å². The first-order valence-corrected chi connectivity index (χ1v) is 8.24. The molecule has 2 N–H and O–H groups in total. The second-order valence-electron chi connectivity index (χ2n) is 5.29. The van der Waals surface area contributed by atoms with E-state index < -0.39 is 0 Å². The summed E-state index contributed by atoms with van der Waals surface area (Å²) >= 11 is 18.4. The maximum atomic E-state index is 6.41. The first kappa shape index (κ1) is 16.4. The van der Waals surface area contributed by atoms with Gasteiger partial charge < -0.3 is 10.3 Å². The molecule has 0 unspecified atom stereocenters. The minimum absolute atomic E-state index is 0.447. The van der Waals surface area contributed by atoms with Crippen molar-refractivity contribution >= 4 is 34.8 Å². The van der Waals surface area contributed by atoms with Gasteiger partial charge in [-0.25, -0.2) is 0 Å². The van der Waals surface area contributed by atoms with Gasteiger partial charge in [-0.15, -0.1) is 0 Å². The molecule has 0 aliphatic rings. The first-order chi connectivity index (χ1) is 11.0. The SMILES string of the molecule is Cn1c(CN)cc(-c2ccc(Cl)cc2Cl)c1-c1ccc(Cl)cc1. The Balaban J connectivity index is 2.26. The van der Waals surface area contributed by atoms with Crippen molar-refractivity contribution in [2.45, 2.75) is 6.54 Å². The highest BCUT2D eigenvalue weighted by Gasteiger charge is 2.17. The number of rotatable bonds is 3. The van der Waals surface area contributed by atoms with Crippen LogP contribution in [0.1, 0.15) is 5.69 Å². The predicted molar refractivity (Wildman–Crippen MR) is 99.2 cm³/mol. The summed E-state index contributed by atoms with van der Waals surface area (Å²) < 4.78 is 2.09. The van der Waals surface area contributed by atoms with Crippen LogP contribution in [0.5, 0.6) is 0 Å². The molecule has 0 aliphatic heterocycles. The Bertz CT molecular complexity index is 851. The number of nitrogens with zero attached hydrogens (tertiary/aromatic N) is 1. The molecule has 0 aliphatic carbocycles. The molecule has 1 heterocycles. The fraction of sp³-hybridized carbons (Fsp3) is 0.111. The van der Waals surface area contributed by atoms with E-state index in [0.717, 1.165) is 28.1 Å². The third kappa shape index (κ3) is 3.13. The number of hydrogen-bond donors (Lipinski definition) is 1. The molecule has 23 heavy (non-hydrogen) atoms. The predicted octanol–water partition coefficient (Wildman–Crippen LogP) is 5.78. The molecule has 0 saturated heterocycles. The number of nitrogens with two attached hydrogens (primary N) is 1. The van der Waals surface area contributed by atoms with E-state index in [1.54, 1.807) is 6.07 Å². The van der Waals surface area contributed by atoms with Crippen molar-refractivity contribution in [3.63, 3.8) is 0 Å². The van der Waals surface area contributed by atoms with Gasteiger partial charge in [-0.2, -0.15) is 0 Å². The molecule has 3 rings (SSSR count). The number of hydrogen-bond acceptors (Lipinski definition) is 1. The summed E-state index contributed by atoms with van der Waals surface area (Å²) in [5, 5.41) is 1.93. The molecule has 3 aromatic rings. The average Bonchev–Trinajstić information content (AvgIpc) is 2.85. The summed E-state index contributed by atoms with van der Waals surface area (Å²) in [6, 6.07) is 15.3. The summed E-state index contributed by atoms with van der Waals surface area (Å²) in [5.74, 6) is 0. The van der Waals surface area contributed by atoms with Crippen LogP contribution in [-0.4, -0.2) is 4.57 Å². The van der Waals surface area contributed by atoms with Crippen LogP contribution in [0.15, 0.2) is 48.5 Å². The van der Waals surface area contributed by atoms with E-state index in [9.17, 15) is 0 Å². The highest BCUT2D eigenvalue weighted by Crippen LogP contribution is 2.39. The Morgan fingerprint density at radius 1 is 0.870 bits per heavy atom. The highest BCUT2D eigenvalue weighted by atomic mass is 35.5. The normalized spacial score (nSPS) is 11.0. The molecule has 0 bridgehead atoms. The van der Waals surface area contributed by atoms with Gasteiger partial charge in [0.2, 0.25) is 0 Å². The van der Waals surface area contributed by atoms with E-state index in [0.29, 0.717) is 21.6 Å². The van der Waals surface area contributed by atoms with Gasteiger partial charge in [0, 0.05) is 45.5 Å². The van der Waals surface area contributed by atoms with Crippen LogP contribution >= 0.6 is 34.8 Å². The Morgan fingerprint density at radius 3 is 2.13 bits per heavy atom. The van der Waals surface area contributed by atoms with Crippen molar-refractivity contribution in [3.8, 4) is 22.4 Å². The van der Waals surface area contributed by atoms with E-state index in [2.05, 4.69) is 10.6 Å². The molecule has 118 valence electrons. The lowest BCUT2D eigenvalue weighted by molar-refractivity contribution is 0.831. The fourth-order valence-corrected chi connectivity index (χ4v) is 3.36. The molecular weight excluding hydrogens is 351 g/mol. The molecule has 2 aromatic carbocycles. The second kappa shape index (κ2) is 6.58. The van der Waals surface area contributed by atoms with Gasteiger partial charge in [-0.1, -0.05) is 53.0 Å².